The van der Waals surface area contributed by atoms with Crippen molar-refractivity contribution in [3.63, 3.8) is 0 Å². The van der Waals surface area contributed by atoms with Gasteiger partial charge in [0, 0.05) is 31.3 Å². The topological polar surface area (TPSA) is 29.5 Å². The third kappa shape index (κ3) is 4.09. The second kappa shape index (κ2) is 7.46. The number of rotatable bonds is 4. The fourth-order valence-electron chi connectivity index (χ4n) is 2.51. The van der Waals surface area contributed by atoms with Crippen LogP contribution in [0.4, 0.5) is 0 Å². The molecule has 108 valence electrons. The van der Waals surface area contributed by atoms with Gasteiger partial charge in [-0.1, -0.05) is 29.8 Å². The van der Waals surface area contributed by atoms with Crippen LogP contribution in [0.25, 0.3) is 6.08 Å². The first-order valence-corrected chi connectivity index (χ1v) is 7.29. The van der Waals surface area contributed by atoms with Crippen molar-refractivity contribution >= 4 is 23.6 Å². The zero-order chi connectivity index (χ0) is 14.4. The van der Waals surface area contributed by atoms with Gasteiger partial charge in [-0.05, 0) is 36.5 Å². The van der Waals surface area contributed by atoms with E-state index >= 15 is 0 Å². The normalized spacial score (nSPS) is 19.5. The van der Waals surface area contributed by atoms with Gasteiger partial charge in [0.2, 0.25) is 5.91 Å². The largest absolute Gasteiger partial charge is 0.384 e. The van der Waals surface area contributed by atoms with Crippen LogP contribution in [0.2, 0.25) is 5.02 Å². The molecule has 0 N–H and O–H groups in total. The molecule has 2 rings (SSSR count). The molecule has 1 heterocycles. The Morgan fingerprint density at radius 1 is 1.50 bits per heavy atom. The molecule has 0 radical (unpaired) electrons. The minimum atomic E-state index is 0.0470. The van der Waals surface area contributed by atoms with Gasteiger partial charge >= 0.3 is 0 Å². The summed E-state index contributed by atoms with van der Waals surface area (Å²) in [5, 5.41) is 0.660. The molecule has 4 heteroatoms. The predicted molar refractivity (Wildman–Crippen MR) is 81.7 cm³/mol. The Bertz CT molecular complexity index is 485. The maximum Gasteiger partial charge on any atom is 0.246 e. The molecule has 0 saturated carbocycles. The van der Waals surface area contributed by atoms with Crippen LogP contribution in [0, 0.1) is 5.92 Å². The number of hydrogen-bond acceptors (Lipinski definition) is 2. The quantitative estimate of drug-likeness (QED) is 0.798. The summed E-state index contributed by atoms with van der Waals surface area (Å²) in [5.41, 5.74) is 0.868. The molecular weight excluding hydrogens is 274 g/mol. The zero-order valence-electron chi connectivity index (χ0n) is 11.7. The highest BCUT2D eigenvalue weighted by molar-refractivity contribution is 6.32. The fraction of sp³-hybridized carbons (Fsp3) is 0.438. The molecule has 1 atom stereocenters. The van der Waals surface area contributed by atoms with E-state index in [1.807, 2.05) is 29.2 Å². The van der Waals surface area contributed by atoms with Crippen molar-refractivity contribution in [2.24, 2.45) is 5.92 Å². The fourth-order valence-corrected chi connectivity index (χ4v) is 2.71. The first kappa shape index (κ1) is 15.1. The Labute approximate surface area is 125 Å². The monoisotopic (exact) mass is 293 g/mol. The molecule has 1 unspecified atom stereocenters. The van der Waals surface area contributed by atoms with Gasteiger partial charge in [-0.3, -0.25) is 4.79 Å². The molecule has 3 nitrogen and oxygen atoms in total. The number of amides is 1. The van der Waals surface area contributed by atoms with E-state index in [9.17, 15) is 4.79 Å². The Kier molecular flexibility index (Phi) is 5.62. The molecule has 1 aromatic carbocycles. The highest BCUT2D eigenvalue weighted by Gasteiger charge is 2.22. The molecule has 20 heavy (non-hydrogen) atoms. The Morgan fingerprint density at radius 2 is 2.30 bits per heavy atom. The molecular formula is C16H20ClNO2. The minimum absolute atomic E-state index is 0.0470. The highest BCUT2D eigenvalue weighted by atomic mass is 35.5. The van der Waals surface area contributed by atoms with Crippen molar-refractivity contribution in [2.75, 3.05) is 26.8 Å². The lowest BCUT2D eigenvalue weighted by molar-refractivity contribution is -0.128. The summed E-state index contributed by atoms with van der Waals surface area (Å²) in [7, 11) is 1.71. The highest BCUT2D eigenvalue weighted by Crippen LogP contribution is 2.19. The lowest BCUT2D eigenvalue weighted by Gasteiger charge is -2.31. The van der Waals surface area contributed by atoms with E-state index in [0.717, 1.165) is 38.1 Å². The average molecular weight is 294 g/mol. The first-order valence-electron chi connectivity index (χ1n) is 6.91. The number of halogens is 1. The summed E-state index contributed by atoms with van der Waals surface area (Å²) in [5.74, 6) is 0.497. The number of carbonyl (C=O) groups is 1. The summed E-state index contributed by atoms with van der Waals surface area (Å²) < 4.78 is 5.18. The number of methoxy groups -OCH3 is 1. The molecule has 0 aromatic heterocycles. The third-order valence-corrected chi connectivity index (χ3v) is 3.89. The Balaban J connectivity index is 1.96. The number of ether oxygens (including phenoxy) is 1. The SMILES string of the molecule is COCC1CCCN(C(=O)/C=C/c2ccccc2Cl)C1. The van der Waals surface area contributed by atoms with Crippen molar-refractivity contribution in [2.45, 2.75) is 12.8 Å². The van der Waals surface area contributed by atoms with Gasteiger partial charge in [-0.2, -0.15) is 0 Å². The van der Waals surface area contributed by atoms with Gasteiger partial charge in [0.05, 0.1) is 6.61 Å². The van der Waals surface area contributed by atoms with Crippen LogP contribution in [0.15, 0.2) is 30.3 Å². The molecule has 1 aliphatic heterocycles. The van der Waals surface area contributed by atoms with Crippen LogP contribution in [0.3, 0.4) is 0 Å². The van der Waals surface area contributed by atoms with Crippen LogP contribution in [-0.2, 0) is 9.53 Å². The molecule has 0 aliphatic carbocycles. The second-order valence-corrected chi connectivity index (χ2v) is 5.51. The van der Waals surface area contributed by atoms with Gasteiger partial charge in [0.15, 0.2) is 0 Å². The van der Waals surface area contributed by atoms with Crippen LogP contribution < -0.4 is 0 Å². The smallest absolute Gasteiger partial charge is 0.246 e. The van der Waals surface area contributed by atoms with E-state index in [1.165, 1.54) is 0 Å². The van der Waals surface area contributed by atoms with E-state index < -0.39 is 0 Å². The predicted octanol–water partition coefficient (Wildman–Crippen LogP) is 3.24. The van der Waals surface area contributed by atoms with Gasteiger partial charge in [0.1, 0.15) is 0 Å². The van der Waals surface area contributed by atoms with Crippen molar-refractivity contribution in [1.82, 2.24) is 4.90 Å². The Hall–Kier alpha value is -1.32. The summed E-state index contributed by atoms with van der Waals surface area (Å²) in [6.07, 6.45) is 5.56. The van der Waals surface area contributed by atoms with Crippen LogP contribution in [0.5, 0.6) is 0 Å². The minimum Gasteiger partial charge on any atom is -0.384 e. The lowest BCUT2D eigenvalue weighted by atomic mass is 9.99. The molecule has 1 saturated heterocycles. The number of hydrogen-bond donors (Lipinski definition) is 0. The molecule has 0 bridgehead atoms. The molecule has 1 amide bonds. The number of benzene rings is 1. The van der Waals surface area contributed by atoms with Crippen molar-refractivity contribution < 1.29 is 9.53 Å². The van der Waals surface area contributed by atoms with Crippen molar-refractivity contribution in [3.05, 3.63) is 40.9 Å². The zero-order valence-corrected chi connectivity index (χ0v) is 12.5. The number of piperidine rings is 1. The van der Waals surface area contributed by atoms with Crippen LogP contribution in [0.1, 0.15) is 18.4 Å². The Morgan fingerprint density at radius 3 is 3.05 bits per heavy atom. The summed E-state index contributed by atoms with van der Waals surface area (Å²) in [6.45, 7) is 2.32. The molecule has 1 fully saturated rings. The van der Waals surface area contributed by atoms with E-state index in [0.29, 0.717) is 10.9 Å². The van der Waals surface area contributed by atoms with Crippen molar-refractivity contribution in [1.29, 1.82) is 0 Å². The number of nitrogens with zero attached hydrogens (tertiary/aromatic N) is 1. The lowest BCUT2D eigenvalue weighted by Crippen LogP contribution is -2.40. The van der Waals surface area contributed by atoms with E-state index in [2.05, 4.69) is 0 Å². The van der Waals surface area contributed by atoms with Gasteiger partial charge < -0.3 is 9.64 Å². The first-order chi connectivity index (χ1) is 9.70. The maximum absolute atomic E-state index is 12.2. The van der Waals surface area contributed by atoms with E-state index in [-0.39, 0.29) is 5.91 Å². The summed E-state index contributed by atoms with van der Waals surface area (Å²) in [6, 6.07) is 7.50. The average Bonchev–Trinajstić information content (AvgIpc) is 2.47. The van der Waals surface area contributed by atoms with Gasteiger partial charge in [0.25, 0.3) is 0 Å². The third-order valence-electron chi connectivity index (χ3n) is 3.54. The molecule has 0 spiro atoms. The molecule has 1 aliphatic rings. The van der Waals surface area contributed by atoms with Crippen LogP contribution >= 0.6 is 11.6 Å². The maximum atomic E-state index is 12.2. The van der Waals surface area contributed by atoms with E-state index in [4.69, 9.17) is 16.3 Å². The van der Waals surface area contributed by atoms with Gasteiger partial charge in [-0.15, -0.1) is 0 Å². The number of carbonyl (C=O) groups excluding carboxylic acids is 1. The van der Waals surface area contributed by atoms with Crippen LogP contribution in [-0.4, -0.2) is 37.6 Å². The summed E-state index contributed by atoms with van der Waals surface area (Å²) >= 11 is 6.07. The molecule has 1 aromatic rings. The van der Waals surface area contributed by atoms with Gasteiger partial charge in [-0.25, -0.2) is 0 Å². The summed E-state index contributed by atoms with van der Waals surface area (Å²) in [4.78, 5) is 14.1. The second-order valence-electron chi connectivity index (χ2n) is 5.10. The standard InChI is InChI=1S/C16H20ClNO2/c1-20-12-13-5-4-10-18(11-13)16(19)9-8-14-6-2-3-7-15(14)17/h2-3,6-9,13H,4-5,10-12H2,1H3/b9-8+. The van der Waals surface area contributed by atoms with E-state index in [1.54, 1.807) is 19.3 Å². The van der Waals surface area contributed by atoms with Crippen molar-refractivity contribution in [3.8, 4) is 0 Å². The number of likely N-dealkylation sites (tertiary alicyclic amines) is 1.